The van der Waals surface area contributed by atoms with Crippen LogP contribution in [0.3, 0.4) is 0 Å². The number of aromatic nitrogens is 1. The van der Waals surface area contributed by atoms with Gasteiger partial charge in [-0.2, -0.15) is 5.26 Å². The van der Waals surface area contributed by atoms with Gasteiger partial charge in [0.2, 0.25) is 5.88 Å². The minimum Gasteiger partial charge on any atom is -0.493 e. The van der Waals surface area contributed by atoms with Crippen LogP contribution >= 0.6 is 0 Å². The molecular formula is C20H18N4O3. The van der Waals surface area contributed by atoms with Gasteiger partial charge in [0.1, 0.15) is 11.8 Å². The molecule has 1 aromatic heterocycles. The van der Waals surface area contributed by atoms with E-state index in [4.69, 9.17) is 10.00 Å². The highest BCUT2D eigenvalue weighted by molar-refractivity contribution is 5.95. The normalized spacial score (nSPS) is 11.2. The third-order valence-corrected chi connectivity index (χ3v) is 4.06. The smallest absolute Gasteiger partial charge is 0.302 e. The van der Waals surface area contributed by atoms with Gasteiger partial charge in [-0.3, -0.25) is 4.79 Å². The average molecular weight is 362 g/mol. The SMILES string of the molecule is CC(C)c1ccc2[nH]c(O)c(N=NC(=O)COc3ccccc3C#N)c2c1. The lowest BCUT2D eigenvalue weighted by Crippen LogP contribution is -2.08. The zero-order valence-corrected chi connectivity index (χ0v) is 14.9. The fourth-order valence-electron chi connectivity index (χ4n) is 2.60. The maximum atomic E-state index is 12.0. The van der Waals surface area contributed by atoms with Crippen molar-refractivity contribution in [3.63, 3.8) is 0 Å². The van der Waals surface area contributed by atoms with E-state index in [1.54, 1.807) is 24.3 Å². The quantitative estimate of drug-likeness (QED) is 0.648. The van der Waals surface area contributed by atoms with Gasteiger partial charge in [0, 0.05) is 5.39 Å². The summed E-state index contributed by atoms with van der Waals surface area (Å²) in [5.41, 5.74) is 2.33. The van der Waals surface area contributed by atoms with Crippen LogP contribution in [0.2, 0.25) is 0 Å². The van der Waals surface area contributed by atoms with Crippen LogP contribution in [0.15, 0.2) is 52.7 Å². The van der Waals surface area contributed by atoms with Gasteiger partial charge in [0.25, 0.3) is 0 Å². The van der Waals surface area contributed by atoms with Crippen molar-refractivity contribution in [1.29, 1.82) is 5.26 Å². The molecule has 2 aromatic carbocycles. The van der Waals surface area contributed by atoms with Crippen molar-refractivity contribution in [3.8, 4) is 17.7 Å². The molecule has 3 aromatic rings. The highest BCUT2D eigenvalue weighted by Crippen LogP contribution is 2.37. The Bertz CT molecular complexity index is 1060. The first-order valence-corrected chi connectivity index (χ1v) is 8.40. The third kappa shape index (κ3) is 3.96. The van der Waals surface area contributed by atoms with Crippen molar-refractivity contribution < 1.29 is 14.6 Å². The molecule has 2 N–H and O–H groups in total. The Morgan fingerprint density at radius 2 is 2.07 bits per heavy atom. The number of nitrogens with one attached hydrogen (secondary N) is 1. The summed E-state index contributed by atoms with van der Waals surface area (Å²) in [6, 6.07) is 14.3. The molecule has 0 saturated carbocycles. The number of nitrogens with zero attached hydrogens (tertiary/aromatic N) is 3. The molecule has 0 aliphatic rings. The van der Waals surface area contributed by atoms with Crippen LogP contribution in [0.4, 0.5) is 5.69 Å². The first-order chi connectivity index (χ1) is 13.0. The Labute approximate surface area is 155 Å². The molecule has 136 valence electrons. The summed E-state index contributed by atoms with van der Waals surface area (Å²) in [6.45, 7) is 3.77. The Morgan fingerprint density at radius 3 is 2.81 bits per heavy atom. The molecule has 3 rings (SSSR count). The molecule has 0 bridgehead atoms. The van der Waals surface area contributed by atoms with E-state index in [1.807, 2.05) is 24.3 Å². The van der Waals surface area contributed by atoms with Gasteiger partial charge in [0.15, 0.2) is 12.3 Å². The van der Waals surface area contributed by atoms with Gasteiger partial charge in [-0.1, -0.05) is 32.0 Å². The van der Waals surface area contributed by atoms with Crippen LogP contribution < -0.4 is 4.74 Å². The van der Waals surface area contributed by atoms with Crippen molar-refractivity contribution in [2.75, 3.05) is 6.61 Å². The molecule has 27 heavy (non-hydrogen) atoms. The fourth-order valence-corrected chi connectivity index (χ4v) is 2.60. The second kappa shape index (κ2) is 7.70. The van der Waals surface area contributed by atoms with Crippen LogP contribution in [0.1, 0.15) is 30.9 Å². The number of amides is 1. The van der Waals surface area contributed by atoms with Gasteiger partial charge in [-0.05, 0) is 35.7 Å². The molecular weight excluding hydrogens is 344 g/mol. The van der Waals surface area contributed by atoms with E-state index in [1.165, 1.54) is 0 Å². The number of azo groups is 1. The van der Waals surface area contributed by atoms with Crippen molar-refractivity contribution in [2.45, 2.75) is 19.8 Å². The molecule has 1 heterocycles. The number of ether oxygens (including phenoxy) is 1. The van der Waals surface area contributed by atoms with Crippen molar-refractivity contribution in [2.24, 2.45) is 10.2 Å². The largest absolute Gasteiger partial charge is 0.493 e. The molecule has 0 saturated heterocycles. The van der Waals surface area contributed by atoms with Crippen molar-refractivity contribution in [1.82, 2.24) is 4.98 Å². The molecule has 0 atom stereocenters. The van der Waals surface area contributed by atoms with Gasteiger partial charge in [-0.15, -0.1) is 10.2 Å². The van der Waals surface area contributed by atoms with E-state index in [0.717, 1.165) is 5.56 Å². The summed E-state index contributed by atoms with van der Waals surface area (Å²) in [6.07, 6.45) is 0. The molecule has 7 nitrogen and oxygen atoms in total. The predicted molar refractivity (Wildman–Crippen MR) is 100 cm³/mol. The standard InChI is InChI=1S/C20H18N4O3/c1-12(2)13-7-8-16-15(9-13)19(20(26)22-16)24-23-18(25)11-27-17-6-4-3-5-14(17)10-21/h3-9,12,22,26H,11H2,1-2H3. The average Bonchev–Trinajstić information content (AvgIpc) is 2.99. The van der Waals surface area contributed by atoms with Gasteiger partial charge < -0.3 is 14.8 Å². The molecule has 0 unspecified atom stereocenters. The number of carbonyl (C=O) groups excluding carboxylic acids is 1. The minimum absolute atomic E-state index is 0.154. The first-order valence-electron chi connectivity index (χ1n) is 8.40. The summed E-state index contributed by atoms with van der Waals surface area (Å²) >= 11 is 0. The number of hydrogen-bond acceptors (Lipinski definition) is 5. The Balaban J connectivity index is 1.77. The number of carbonyl (C=O) groups is 1. The third-order valence-electron chi connectivity index (χ3n) is 4.06. The van der Waals surface area contributed by atoms with Gasteiger partial charge in [0.05, 0.1) is 11.1 Å². The molecule has 0 fully saturated rings. The maximum Gasteiger partial charge on any atom is 0.302 e. The van der Waals surface area contributed by atoms with Crippen molar-refractivity contribution in [3.05, 3.63) is 53.6 Å². The number of fused-ring (bicyclic) bond motifs is 1. The van der Waals surface area contributed by atoms with Gasteiger partial charge in [-0.25, -0.2) is 0 Å². The minimum atomic E-state index is -0.628. The molecule has 7 heteroatoms. The summed E-state index contributed by atoms with van der Waals surface area (Å²) in [7, 11) is 0. The van der Waals surface area contributed by atoms with Crippen LogP contribution in [0.25, 0.3) is 10.9 Å². The lowest BCUT2D eigenvalue weighted by atomic mass is 10.0. The monoisotopic (exact) mass is 362 g/mol. The summed E-state index contributed by atoms with van der Waals surface area (Å²) in [4.78, 5) is 14.8. The van der Waals surface area contributed by atoms with Crippen LogP contribution in [0, 0.1) is 11.3 Å². The number of para-hydroxylation sites is 1. The van der Waals surface area contributed by atoms with Crippen molar-refractivity contribution >= 4 is 22.5 Å². The molecule has 0 spiro atoms. The number of nitriles is 1. The molecule has 0 aliphatic carbocycles. The lowest BCUT2D eigenvalue weighted by molar-refractivity contribution is -0.120. The predicted octanol–water partition coefficient (Wildman–Crippen LogP) is 4.56. The Hall–Kier alpha value is -3.66. The zero-order valence-electron chi connectivity index (χ0n) is 14.9. The Morgan fingerprint density at radius 1 is 1.30 bits per heavy atom. The summed E-state index contributed by atoms with van der Waals surface area (Å²) in [5, 5.41) is 27.3. The number of rotatable bonds is 5. The summed E-state index contributed by atoms with van der Waals surface area (Å²) < 4.78 is 5.33. The molecule has 1 amide bonds. The maximum absolute atomic E-state index is 12.0. The Kier molecular flexibility index (Phi) is 5.18. The van der Waals surface area contributed by atoms with Gasteiger partial charge >= 0.3 is 5.91 Å². The van der Waals surface area contributed by atoms with Crippen LogP contribution in [-0.4, -0.2) is 22.6 Å². The molecule has 0 radical (unpaired) electrons. The number of hydrogen-bond donors (Lipinski definition) is 2. The topological polar surface area (TPSA) is 111 Å². The van der Waals surface area contributed by atoms with Crippen LogP contribution in [-0.2, 0) is 4.79 Å². The second-order valence-corrected chi connectivity index (χ2v) is 6.27. The number of aromatic amines is 1. The van der Waals surface area contributed by atoms with E-state index in [-0.39, 0.29) is 18.2 Å². The van der Waals surface area contributed by atoms with E-state index in [0.29, 0.717) is 28.1 Å². The highest BCUT2D eigenvalue weighted by atomic mass is 16.5. The highest BCUT2D eigenvalue weighted by Gasteiger charge is 2.13. The summed E-state index contributed by atoms with van der Waals surface area (Å²) in [5.74, 6) is -0.166. The number of H-pyrrole nitrogens is 1. The molecule has 0 aliphatic heterocycles. The fraction of sp³-hybridized carbons (Fsp3) is 0.200. The second-order valence-electron chi connectivity index (χ2n) is 6.27. The van der Waals surface area contributed by atoms with Crippen LogP contribution in [0.5, 0.6) is 11.6 Å². The first kappa shape index (κ1) is 18.1. The zero-order chi connectivity index (χ0) is 19.4. The van der Waals surface area contributed by atoms with E-state index < -0.39 is 5.91 Å². The lowest BCUT2D eigenvalue weighted by Gasteiger charge is -2.05. The van der Waals surface area contributed by atoms with E-state index >= 15 is 0 Å². The van der Waals surface area contributed by atoms with E-state index in [2.05, 4.69) is 29.1 Å². The van der Waals surface area contributed by atoms with E-state index in [9.17, 15) is 9.90 Å². The number of benzene rings is 2. The number of aromatic hydroxyl groups is 1.